The predicted molar refractivity (Wildman–Crippen MR) is 83.0 cm³/mol. The first-order valence-corrected chi connectivity index (χ1v) is 7.60. The van der Waals surface area contributed by atoms with Gasteiger partial charge in [-0.1, -0.05) is 18.2 Å². The molecule has 2 rings (SSSR count). The number of amides is 1. The fourth-order valence-electron chi connectivity index (χ4n) is 1.99. The van der Waals surface area contributed by atoms with Gasteiger partial charge < -0.3 is 15.7 Å². The molecule has 0 saturated heterocycles. The lowest BCUT2D eigenvalue weighted by atomic mass is 10.2. The summed E-state index contributed by atoms with van der Waals surface area (Å²) in [5, 5.41) is 17.0. The lowest BCUT2D eigenvalue weighted by molar-refractivity contribution is -0.121. The first-order valence-electron chi connectivity index (χ1n) is 6.78. The van der Waals surface area contributed by atoms with Crippen molar-refractivity contribution in [3.05, 3.63) is 35.2 Å². The number of rotatable bonds is 7. The van der Waals surface area contributed by atoms with Crippen molar-refractivity contribution in [1.82, 2.24) is 10.6 Å². The minimum atomic E-state index is -0.638. The highest BCUT2D eigenvalue weighted by molar-refractivity contribution is 7.19. The van der Waals surface area contributed by atoms with Crippen LogP contribution in [0.15, 0.2) is 30.3 Å². The summed E-state index contributed by atoms with van der Waals surface area (Å²) in [6.45, 7) is 1.09. The molecule has 1 atom stereocenters. The summed E-state index contributed by atoms with van der Waals surface area (Å²) in [6, 6.07) is 10.0. The monoisotopic (exact) mass is 292 g/mol. The van der Waals surface area contributed by atoms with E-state index in [2.05, 4.69) is 10.6 Å². The minimum Gasteiger partial charge on any atom is -0.386 e. The van der Waals surface area contributed by atoms with Crippen LogP contribution in [0, 0.1) is 0 Å². The Morgan fingerprint density at radius 3 is 2.95 bits per heavy atom. The van der Waals surface area contributed by atoms with Crippen LogP contribution in [-0.2, 0) is 4.79 Å². The molecule has 1 unspecified atom stereocenters. The SMILES string of the molecule is CNCCCC(=O)NCC(O)c1cc2ccccc2s1. The van der Waals surface area contributed by atoms with E-state index in [9.17, 15) is 9.90 Å². The summed E-state index contributed by atoms with van der Waals surface area (Å²) in [5.74, 6) is -0.0135. The largest absolute Gasteiger partial charge is 0.386 e. The predicted octanol–water partition coefficient (Wildman–Crippen LogP) is 2.05. The van der Waals surface area contributed by atoms with E-state index in [4.69, 9.17) is 0 Å². The Labute approximate surface area is 122 Å². The average molecular weight is 292 g/mol. The van der Waals surface area contributed by atoms with Crippen LogP contribution in [-0.4, -0.2) is 31.2 Å². The molecule has 1 aromatic carbocycles. The lowest BCUT2D eigenvalue weighted by Crippen LogP contribution is -2.28. The van der Waals surface area contributed by atoms with Gasteiger partial charge in [0, 0.05) is 22.5 Å². The molecule has 0 fully saturated rings. The number of thiophene rings is 1. The number of benzene rings is 1. The molecule has 0 aliphatic heterocycles. The third-order valence-corrected chi connectivity index (χ3v) is 4.31. The molecule has 0 spiro atoms. The third kappa shape index (κ3) is 4.03. The maximum absolute atomic E-state index is 11.6. The van der Waals surface area contributed by atoms with Gasteiger partial charge in [-0.05, 0) is 37.5 Å². The summed E-state index contributed by atoms with van der Waals surface area (Å²) < 4.78 is 1.15. The molecule has 20 heavy (non-hydrogen) atoms. The van der Waals surface area contributed by atoms with Gasteiger partial charge in [-0.25, -0.2) is 0 Å². The Bertz CT molecular complexity index is 535. The number of fused-ring (bicyclic) bond motifs is 1. The van der Waals surface area contributed by atoms with E-state index in [1.165, 1.54) is 0 Å². The van der Waals surface area contributed by atoms with Crippen molar-refractivity contribution in [3.8, 4) is 0 Å². The molecular weight excluding hydrogens is 272 g/mol. The maximum Gasteiger partial charge on any atom is 0.220 e. The maximum atomic E-state index is 11.6. The van der Waals surface area contributed by atoms with E-state index < -0.39 is 6.10 Å². The van der Waals surface area contributed by atoms with Gasteiger partial charge in [-0.2, -0.15) is 0 Å². The van der Waals surface area contributed by atoms with Gasteiger partial charge in [-0.3, -0.25) is 4.79 Å². The van der Waals surface area contributed by atoms with E-state index in [0.717, 1.165) is 27.9 Å². The van der Waals surface area contributed by atoms with Gasteiger partial charge in [0.1, 0.15) is 6.10 Å². The van der Waals surface area contributed by atoms with Crippen molar-refractivity contribution >= 4 is 27.3 Å². The topological polar surface area (TPSA) is 61.4 Å². The van der Waals surface area contributed by atoms with E-state index in [-0.39, 0.29) is 12.5 Å². The molecule has 5 heteroatoms. The highest BCUT2D eigenvalue weighted by Gasteiger charge is 2.12. The van der Waals surface area contributed by atoms with Gasteiger partial charge in [-0.15, -0.1) is 11.3 Å². The van der Waals surface area contributed by atoms with Crippen molar-refractivity contribution in [1.29, 1.82) is 0 Å². The van der Waals surface area contributed by atoms with E-state index >= 15 is 0 Å². The molecule has 0 saturated carbocycles. The molecule has 2 aromatic rings. The van der Waals surface area contributed by atoms with Crippen LogP contribution in [0.3, 0.4) is 0 Å². The van der Waals surface area contributed by atoms with Crippen molar-refractivity contribution in [3.63, 3.8) is 0 Å². The zero-order chi connectivity index (χ0) is 14.4. The lowest BCUT2D eigenvalue weighted by Gasteiger charge is -2.10. The number of hydrogen-bond acceptors (Lipinski definition) is 4. The van der Waals surface area contributed by atoms with Gasteiger partial charge in [0.15, 0.2) is 0 Å². The Hall–Kier alpha value is -1.43. The molecule has 1 heterocycles. The van der Waals surface area contributed by atoms with Crippen LogP contribution >= 0.6 is 11.3 Å². The molecule has 108 valence electrons. The summed E-state index contributed by atoms with van der Waals surface area (Å²) >= 11 is 1.57. The van der Waals surface area contributed by atoms with Crippen molar-refractivity contribution in [2.24, 2.45) is 0 Å². The van der Waals surface area contributed by atoms with Gasteiger partial charge in [0.05, 0.1) is 0 Å². The molecular formula is C15H20N2O2S. The first kappa shape index (κ1) is 15.0. The Balaban J connectivity index is 1.85. The molecule has 0 aliphatic rings. The molecule has 0 radical (unpaired) electrons. The number of carbonyl (C=O) groups excluding carboxylic acids is 1. The summed E-state index contributed by atoms with van der Waals surface area (Å²) in [6.07, 6.45) is 0.655. The van der Waals surface area contributed by atoms with Crippen molar-refractivity contribution in [2.45, 2.75) is 18.9 Å². The molecule has 4 nitrogen and oxygen atoms in total. The average Bonchev–Trinajstić information content (AvgIpc) is 2.89. The minimum absolute atomic E-state index is 0.0135. The molecule has 3 N–H and O–H groups in total. The van der Waals surface area contributed by atoms with Crippen LogP contribution in [0.25, 0.3) is 10.1 Å². The second kappa shape index (κ2) is 7.38. The second-order valence-corrected chi connectivity index (χ2v) is 5.83. The third-order valence-electron chi connectivity index (χ3n) is 3.10. The van der Waals surface area contributed by atoms with Crippen LogP contribution in [0.1, 0.15) is 23.8 Å². The number of hydrogen-bond donors (Lipinski definition) is 3. The number of nitrogens with one attached hydrogen (secondary N) is 2. The zero-order valence-corrected chi connectivity index (χ0v) is 12.4. The van der Waals surface area contributed by atoms with Gasteiger partial charge in [0.25, 0.3) is 0 Å². The molecule has 1 aromatic heterocycles. The van der Waals surface area contributed by atoms with Gasteiger partial charge in [0.2, 0.25) is 5.91 Å². The highest BCUT2D eigenvalue weighted by atomic mass is 32.1. The van der Waals surface area contributed by atoms with Crippen LogP contribution in [0.2, 0.25) is 0 Å². The van der Waals surface area contributed by atoms with Crippen LogP contribution < -0.4 is 10.6 Å². The molecule has 0 aliphatic carbocycles. The number of carbonyl (C=O) groups is 1. The summed E-state index contributed by atoms with van der Waals surface area (Å²) in [7, 11) is 1.86. The highest BCUT2D eigenvalue weighted by Crippen LogP contribution is 2.29. The van der Waals surface area contributed by atoms with Crippen molar-refractivity contribution in [2.75, 3.05) is 20.1 Å². The Morgan fingerprint density at radius 1 is 1.40 bits per heavy atom. The van der Waals surface area contributed by atoms with Crippen molar-refractivity contribution < 1.29 is 9.90 Å². The number of aliphatic hydroxyl groups is 1. The zero-order valence-electron chi connectivity index (χ0n) is 11.6. The van der Waals surface area contributed by atoms with E-state index in [1.54, 1.807) is 11.3 Å². The van der Waals surface area contributed by atoms with E-state index in [0.29, 0.717) is 6.42 Å². The van der Waals surface area contributed by atoms with Crippen LogP contribution in [0.5, 0.6) is 0 Å². The standard InChI is InChI=1S/C15H20N2O2S/c1-16-8-4-7-15(19)17-10-12(18)14-9-11-5-2-3-6-13(11)20-14/h2-3,5-6,9,12,16,18H,4,7-8,10H2,1H3,(H,17,19). The van der Waals surface area contributed by atoms with E-state index in [1.807, 2.05) is 37.4 Å². The Kier molecular flexibility index (Phi) is 5.52. The fraction of sp³-hybridized carbons (Fsp3) is 0.400. The second-order valence-electron chi connectivity index (χ2n) is 4.71. The summed E-state index contributed by atoms with van der Waals surface area (Å²) in [5.41, 5.74) is 0. The molecule has 1 amide bonds. The normalized spacial score (nSPS) is 12.5. The molecule has 0 bridgehead atoms. The quantitative estimate of drug-likeness (QED) is 0.685. The van der Waals surface area contributed by atoms with Gasteiger partial charge >= 0.3 is 0 Å². The fourth-order valence-corrected chi connectivity index (χ4v) is 3.04. The smallest absolute Gasteiger partial charge is 0.220 e. The number of aliphatic hydroxyl groups excluding tert-OH is 1. The van der Waals surface area contributed by atoms with Crippen LogP contribution in [0.4, 0.5) is 0 Å². The Morgan fingerprint density at radius 2 is 2.20 bits per heavy atom. The first-order chi connectivity index (χ1) is 9.70. The summed E-state index contributed by atoms with van der Waals surface area (Å²) in [4.78, 5) is 12.5.